The number of allylic oxidation sites excluding steroid dienone is 3. The first-order valence-corrected chi connectivity index (χ1v) is 21.3. The van der Waals surface area contributed by atoms with Crippen molar-refractivity contribution in [1.82, 2.24) is 5.01 Å². The number of hydrogen-bond acceptors (Lipinski definition) is 10. The Morgan fingerprint density at radius 2 is 1.45 bits per heavy atom. The molecule has 6 unspecified atom stereocenters. The van der Waals surface area contributed by atoms with E-state index in [0.717, 1.165) is 10.6 Å². The number of hydrazine groups is 1. The number of carbonyl (C=O) groups is 5. The van der Waals surface area contributed by atoms with E-state index < -0.39 is 52.7 Å². The lowest BCUT2D eigenvalue weighted by molar-refractivity contribution is -0.139. The maximum atomic E-state index is 15.6. The number of ether oxygens (including phenoxy) is 3. The van der Waals surface area contributed by atoms with Gasteiger partial charge in [0.1, 0.15) is 5.75 Å². The molecule has 14 heteroatoms. The van der Waals surface area contributed by atoms with Gasteiger partial charge in [0.05, 0.1) is 60.9 Å². The molecule has 0 radical (unpaired) electrons. The number of rotatable bonds is 11. The van der Waals surface area contributed by atoms with Crippen LogP contribution in [0.1, 0.15) is 39.9 Å². The van der Waals surface area contributed by atoms with Crippen molar-refractivity contribution in [3.63, 3.8) is 0 Å². The zero-order valence-electron chi connectivity index (χ0n) is 34.8. The average molecular weight is 899 g/mol. The molecule has 0 aromatic heterocycles. The maximum Gasteiger partial charge on any atom is 0.260 e. The number of aromatic hydroxyl groups is 1. The number of nitrogens with zero attached hydrogens (tertiary/aromatic N) is 2. The number of nitrogens with one attached hydrogen (secondary N) is 1. The zero-order chi connectivity index (χ0) is 45.0. The molecule has 4 amide bonds. The lowest BCUT2D eigenvalue weighted by Gasteiger charge is -2.49. The second kappa shape index (κ2) is 16.7. The number of amides is 4. The van der Waals surface area contributed by atoms with Crippen LogP contribution in [0.15, 0.2) is 127 Å². The van der Waals surface area contributed by atoms with Crippen molar-refractivity contribution in [2.75, 3.05) is 31.7 Å². The van der Waals surface area contributed by atoms with Crippen molar-refractivity contribution < 1.29 is 43.3 Å². The number of imide groups is 2. The molecular weight excluding hydrogens is 857 g/mol. The topological polar surface area (TPSA) is 152 Å². The van der Waals surface area contributed by atoms with E-state index in [9.17, 15) is 19.5 Å². The van der Waals surface area contributed by atoms with Crippen molar-refractivity contribution in [2.45, 2.75) is 18.3 Å². The predicted molar refractivity (Wildman–Crippen MR) is 240 cm³/mol. The molecule has 2 saturated heterocycles. The van der Waals surface area contributed by atoms with Gasteiger partial charge in [0.2, 0.25) is 17.6 Å². The number of fused-ring (bicyclic) bond motifs is 4. The van der Waals surface area contributed by atoms with Crippen LogP contribution in [0.2, 0.25) is 10.0 Å². The van der Waals surface area contributed by atoms with Crippen LogP contribution < -0.4 is 24.5 Å². The van der Waals surface area contributed by atoms with Crippen LogP contribution in [0, 0.1) is 29.6 Å². The van der Waals surface area contributed by atoms with E-state index in [2.05, 4.69) is 5.43 Å². The summed E-state index contributed by atoms with van der Waals surface area (Å²) in [4.78, 5) is 74.3. The van der Waals surface area contributed by atoms with Crippen LogP contribution in [-0.2, 0) is 24.6 Å². The highest BCUT2D eigenvalue weighted by atomic mass is 35.5. The third kappa shape index (κ3) is 6.79. The standard InChI is InChI=1S/C50H41Cl2N3O9/c1-62-33-17-12-30(13-18-33)50-37(21-9-27-23-41(63-2)45(57)42(24-27)64-3)34-19-20-35-43(36(34)26-38(50)47(59)55(49(50)61)53-40-22-14-31(51)25-39(40)52)48(60)54(46(35)58)32-15-10-29(11-16-32)44(56)28-7-5-4-6-8-28/h4-19,21-25,35-38,43,53,57H,20,26H2,1-3H3. The summed E-state index contributed by atoms with van der Waals surface area (Å²) in [6.45, 7) is 0. The van der Waals surface area contributed by atoms with Gasteiger partial charge in [0.25, 0.3) is 11.8 Å². The third-order valence-corrected chi connectivity index (χ3v) is 13.6. The second-order valence-electron chi connectivity index (χ2n) is 16.1. The SMILES string of the molecule is COc1ccc(C23C(=O)N(Nc4ccc(Cl)cc4Cl)C(=O)C2CC2C(=CCC4C(=O)N(c5ccc(C(=O)c6ccccc6)cc5)C(=O)C42)C3C=Cc2cc(OC)c(O)c(OC)c2)cc1. The normalized spacial score (nSPS) is 23.7. The minimum atomic E-state index is -1.58. The van der Waals surface area contributed by atoms with Gasteiger partial charge >= 0.3 is 0 Å². The fourth-order valence-corrected chi connectivity index (χ4v) is 10.5. The smallest absolute Gasteiger partial charge is 0.260 e. The summed E-state index contributed by atoms with van der Waals surface area (Å²) in [5, 5.41) is 12.3. The molecule has 324 valence electrons. The van der Waals surface area contributed by atoms with Crippen LogP contribution in [0.3, 0.4) is 0 Å². The largest absolute Gasteiger partial charge is 0.502 e. The van der Waals surface area contributed by atoms with E-state index in [1.807, 2.05) is 18.2 Å². The molecule has 4 aliphatic rings. The highest BCUT2D eigenvalue weighted by molar-refractivity contribution is 6.36. The highest BCUT2D eigenvalue weighted by Crippen LogP contribution is 2.62. The second-order valence-corrected chi connectivity index (χ2v) is 17.0. The Kier molecular flexibility index (Phi) is 11.0. The molecule has 1 saturated carbocycles. The summed E-state index contributed by atoms with van der Waals surface area (Å²) in [6, 6.07) is 30.1. The third-order valence-electron chi connectivity index (χ3n) is 13.0. The molecule has 2 heterocycles. The molecule has 5 aromatic carbocycles. The Labute approximate surface area is 378 Å². The van der Waals surface area contributed by atoms with Gasteiger partial charge in [-0.25, -0.2) is 0 Å². The van der Waals surface area contributed by atoms with Crippen molar-refractivity contribution in [2.24, 2.45) is 29.6 Å². The van der Waals surface area contributed by atoms with Gasteiger partial charge < -0.3 is 19.3 Å². The van der Waals surface area contributed by atoms with E-state index >= 15 is 9.59 Å². The number of ketones is 1. The number of benzene rings is 5. The van der Waals surface area contributed by atoms with Gasteiger partial charge in [-0.15, -0.1) is 0 Å². The van der Waals surface area contributed by atoms with Crippen molar-refractivity contribution in [3.8, 4) is 23.0 Å². The Hall–Kier alpha value is -6.89. The highest BCUT2D eigenvalue weighted by Gasteiger charge is 2.69. The Morgan fingerprint density at radius 3 is 2.09 bits per heavy atom. The fourth-order valence-electron chi connectivity index (χ4n) is 10.1. The number of halogens is 2. The van der Waals surface area contributed by atoms with Crippen molar-refractivity contribution in [3.05, 3.63) is 159 Å². The van der Waals surface area contributed by atoms with Crippen LogP contribution in [-0.4, -0.2) is 60.9 Å². The molecule has 0 bridgehead atoms. The van der Waals surface area contributed by atoms with Crippen molar-refractivity contribution >= 4 is 70.1 Å². The van der Waals surface area contributed by atoms with Crippen LogP contribution >= 0.6 is 23.2 Å². The molecule has 3 fully saturated rings. The number of phenols is 1. The van der Waals surface area contributed by atoms with Gasteiger partial charge in [0, 0.05) is 22.1 Å². The summed E-state index contributed by atoms with van der Waals surface area (Å²) < 4.78 is 16.4. The number of methoxy groups -OCH3 is 3. The van der Waals surface area contributed by atoms with Crippen LogP contribution in [0.4, 0.5) is 11.4 Å². The van der Waals surface area contributed by atoms with Gasteiger partial charge in [-0.05, 0) is 96.6 Å². The first-order chi connectivity index (χ1) is 30.9. The summed E-state index contributed by atoms with van der Waals surface area (Å²) in [5.74, 6) is -5.65. The molecule has 5 aromatic rings. The Morgan fingerprint density at radius 1 is 0.781 bits per heavy atom. The summed E-state index contributed by atoms with van der Waals surface area (Å²) in [6.07, 6.45) is 5.80. The van der Waals surface area contributed by atoms with Gasteiger partial charge in [0.15, 0.2) is 17.3 Å². The van der Waals surface area contributed by atoms with E-state index in [-0.39, 0.29) is 52.5 Å². The molecule has 9 rings (SSSR count). The van der Waals surface area contributed by atoms with E-state index in [1.54, 1.807) is 103 Å². The zero-order valence-corrected chi connectivity index (χ0v) is 36.3. The fraction of sp³-hybridized carbons (Fsp3) is 0.220. The number of anilines is 2. The molecule has 2 N–H and O–H groups in total. The molecule has 64 heavy (non-hydrogen) atoms. The molecule has 2 aliphatic heterocycles. The Balaban J connectivity index is 1.17. The number of phenolic OH excluding ortho intramolecular Hbond substituents is 1. The number of carbonyl (C=O) groups excluding carboxylic acids is 5. The Bertz CT molecular complexity index is 2770. The van der Waals surface area contributed by atoms with Gasteiger partial charge in [-0.3, -0.25) is 34.3 Å². The molecule has 6 atom stereocenters. The van der Waals surface area contributed by atoms with Gasteiger partial charge in [-0.1, -0.05) is 89.5 Å². The summed E-state index contributed by atoms with van der Waals surface area (Å²) in [7, 11) is 4.36. The summed E-state index contributed by atoms with van der Waals surface area (Å²) in [5.41, 5.74) is 4.72. The number of hydrogen-bond donors (Lipinski definition) is 2. The van der Waals surface area contributed by atoms with E-state index in [1.165, 1.54) is 32.3 Å². The lowest BCUT2D eigenvalue weighted by Crippen LogP contribution is -2.54. The monoisotopic (exact) mass is 897 g/mol. The van der Waals surface area contributed by atoms with E-state index in [0.29, 0.717) is 38.7 Å². The molecule has 0 spiro atoms. The quantitative estimate of drug-likeness (QED) is 0.0749. The van der Waals surface area contributed by atoms with E-state index in [4.69, 9.17) is 37.4 Å². The van der Waals surface area contributed by atoms with Crippen LogP contribution in [0.5, 0.6) is 23.0 Å². The summed E-state index contributed by atoms with van der Waals surface area (Å²) >= 11 is 12.8. The minimum Gasteiger partial charge on any atom is -0.502 e. The molecule has 12 nitrogen and oxygen atoms in total. The predicted octanol–water partition coefficient (Wildman–Crippen LogP) is 8.69. The lowest BCUT2D eigenvalue weighted by atomic mass is 9.50. The molecular formula is C50H41Cl2N3O9. The minimum absolute atomic E-state index is 0.0543. The molecule has 2 aliphatic carbocycles. The van der Waals surface area contributed by atoms with Gasteiger partial charge in [-0.2, -0.15) is 5.01 Å². The van der Waals surface area contributed by atoms with Crippen molar-refractivity contribution in [1.29, 1.82) is 0 Å². The van der Waals surface area contributed by atoms with Crippen LogP contribution in [0.25, 0.3) is 6.08 Å². The first kappa shape index (κ1) is 42.4. The average Bonchev–Trinajstić information content (AvgIpc) is 3.70. The maximum absolute atomic E-state index is 15.6. The first-order valence-electron chi connectivity index (χ1n) is 20.6.